The SMILES string of the molecule is C[n+]1ccc(/C=C/C=C(c2ccc(-c3ccccc3)[nH]2)c2ccc(-c3ccccc3)[nH]2)c2ccccc21. The summed E-state index contributed by atoms with van der Waals surface area (Å²) in [5.41, 5.74) is 10.2. The highest BCUT2D eigenvalue weighted by molar-refractivity contribution is 5.87. The average molecular weight is 479 g/mol. The number of para-hydroxylation sites is 1. The molecule has 0 aliphatic heterocycles. The summed E-state index contributed by atoms with van der Waals surface area (Å²) in [6.07, 6.45) is 8.62. The predicted octanol–water partition coefficient (Wildman–Crippen LogP) is 7.80. The molecule has 178 valence electrons. The summed E-state index contributed by atoms with van der Waals surface area (Å²) < 4.78 is 2.15. The number of fused-ring (bicyclic) bond motifs is 1. The van der Waals surface area contributed by atoms with Crippen LogP contribution in [0.3, 0.4) is 0 Å². The maximum Gasteiger partial charge on any atom is 0.212 e. The summed E-state index contributed by atoms with van der Waals surface area (Å²) in [7, 11) is 2.08. The Morgan fingerprint density at radius 2 is 1.19 bits per heavy atom. The van der Waals surface area contributed by atoms with Gasteiger partial charge in [-0.1, -0.05) is 91.0 Å². The third-order valence-corrected chi connectivity index (χ3v) is 6.73. The first-order valence-electron chi connectivity index (χ1n) is 12.5. The number of aromatic amines is 2. The van der Waals surface area contributed by atoms with Crippen LogP contribution < -0.4 is 4.57 Å². The highest BCUT2D eigenvalue weighted by Crippen LogP contribution is 2.29. The number of pyridine rings is 1. The summed E-state index contributed by atoms with van der Waals surface area (Å²) in [5.74, 6) is 0. The van der Waals surface area contributed by atoms with Crippen LogP contribution in [0.1, 0.15) is 17.0 Å². The van der Waals surface area contributed by atoms with Crippen LogP contribution in [-0.2, 0) is 7.05 Å². The maximum absolute atomic E-state index is 3.64. The van der Waals surface area contributed by atoms with Gasteiger partial charge in [0.1, 0.15) is 7.05 Å². The fraction of sp³-hybridized carbons (Fsp3) is 0.0294. The molecule has 3 aromatic heterocycles. The van der Waals surface area contributed by atoms with Crippen molar-refractivity contribution in [1.82, 2.24) is 9.97 Å². The van der Waals surface area contributed by atoms with Crippen molar-refractivity contribution >= 4 is 22.6 Å². The molecule has 3 heterocycles. The summed E-state index contributed by atoms with van der Waals surface area (Å²) in [6, 6.07) is 40.1. The Bertz CT molecular complexity index is 1640. The van der Waals surface area contributed by atoms with Crippen LogP contribution in [0.25, 0.3) is 45.1 Å². The van der Waals surface area contributed by atoms with Crippen molar-refractivity contribution in [2.45, 2.75) is 0 Å². The van der Waals surface area contributed by atoms with Crippen molar-refractivity contribution in [1.29, 1.82) is 0 Å². The van der Waals surface area contributed by atoms with Crippen LogP contribution in [-0.4, -0.2) is 9.97 Å². The second-order valence-electron chi connectivity index (χ2n) is 9.14. The van der Waals surface area contributed by atoms with Crippen molar-refractivity contribution in [2.75, 3.05) is 0 Å². The molecule has 3 aromatic carbocycles. The lowest BCUT2D eigenvalue weighted by molar-refractivity contribution is -0.644. The number of aromatic nitrogens is 3. The van der Waals surface area contributed by atoms with Gasteiger partial charge in [-0.2, -0.15) is 0 Å². The minimum absolute atomic E-state index is 1.06. The van der Waals surface area contributed by atoms with Gasteiger partial charge in [-0.3, -0.25) is 0 Å². The smallest absolute Gasteiger partial charge is 0.212 e. The molecule has 0 radical (unpaired) electrons. The Hall–Kier alpha value is -4.89. The van der Waals surface area contributed by atoms with Gasteiger partial charge in [-0.05, 0) is 47.0 Å². The Morgan fingerprint density at radius 3 is 1.81 bits per heavy atom. The van der Waals surface area contributed by atoms with Crippen molar-refractivity contribution in [2.24, 2.45) is 7.05 Å². The van der Waals surface area contributed by atoms with Gasteiger partial charge in [0.25, 0.3) is 0 Å². The van der Waals surface area contributed by atoms with Crippen molar-refractivity contribution in [3.63, 3.8) is 0 Å². The molecule has 3 nitrogen and oxygen atoms in total. The summed E-state index contributed by atoms with van der Waals surface area (Å²) in [4.78, 5) is 7.27. The van der Waals surface area contributed by atoms with E-state index in [0.717, 1.165) is 28.3 Å². The van der Waals surface area contributed by atoms with Crippen molar-refractivity contribution in [3.05, 3.63) is 151 Å². The number of nitrogens with one attached hydrogen (secondary N) is 2. The molecule has 0 fully saturated rings. The van der Waals surface area contributed by atoms with E-state index in [4.69, 9.17) is 0 Å². The summed E-state index contributed by atoms with van der Waals surface area (Å²) in [6.45, 7) is 0. The van der Waals surface area contributed by atoms with Gasteiger partial charge < -0.3 is 9.97 Å². The van der Waals surface area contributed by atoms with E-state index in [0.29, 0.717) is 0 Å². The Labute approximate surface area is 217 Å². The number of rotatable bonds is 6. The van der Waals surface area contributed by atoms with Crippen LogP contribution in [0.2, 0.25) is 0 Å². The molecule has 0 saturated carbocycles. The van der Waals surface area contributed by atoms with Gasteiger partial charge in [0, 0.05) is 40.5 Å². The standard InChI is InChI=1S/C34H27N3/c1-37-24-23-25(28-16-8-9-18-34(28)37)15-10-17-29(32-21-19-30(35-32)26-11-4-2-5-12-26)33-22-20-31(36-33)27-13-6-3-7-14-27/h2-24H,1H3,(H,35,36)/p+1. The number of hydrogen-bond donors (Lipinski definition) is 2. The lowest BCUT2D eigenvalue weighted by Crippen LogP contribution is -2.28. The van der Waals surface area contributed by atoms with E-state index in [1.54, 1.807) is 0 Å². The first-order valence-corrected chi connectivity index (χ1v) is 12.5. The van der Waals surface area contributed by atoms with E-state index in [1.165, 1.54) is 27.6 Å². The minimum atomic E-state index is 1.06. The lowest BCUT2D eigenvalue weighted by Gasteiger charge is -2.05. The van der Waals surface area contributed by atoms with Crippen LogP contribution in [0.15, 0.2) is 134 Å². The van der Waals surface area contributed by atoms with Gasteiger partial charge in [-0.25, -0.2) is 4.57 Å². The minimum Gasteiger partial charge on any atom is -0.354 e. The molecule has 0 amide bonds. The molecule has 2 N–H and O–H groups in total. The molecule has 0 atom stereocenters. The molecule has 0 unspecified atom stereocenters. The number of benzene rings is 3. The summed E-state index contributed by atoms with van der Waals surface area (Å²) in [5, 5.41) is 1.23. The number of nitrogens with zero attached hydrogens (tertiary/aromatic N) is 1. The third-order valence-electron chi connectivity index (χ3n) is 6.73. The predicted molar refractivity (Wildman–Crippen MR) is 154 cm³/mol. The fourth-order valence-electron chi connectivity index (χ4n) is 4.78. The summed E-state index contributed by atoms with van der Waals surface area (Å²) >= 11 is 0. The van der Waals surface area contributed by atoms with Gasteiger partial charge in [-0.15, -0.1) is 0 Å². The molecule has 6 aromatic rings. The molecule has 6 rings (SSSR count). The molecule has 0 aliphatic rings. The lowest BCUT2D eigenvalue weighted by atomic mass is 10.1. The van der Waals surface area contributed by atoms with E-state index in [2.05, 4.69) is 149 Å². The average Bonchev–Trinajstić information content (AvgIpc) is 3.64. The molecule has 0 spiro atoms. The highest BCUT2D eigenvalue weighted by atomic mass is 14.9. The Morgan fingerprint density at radius 1 is 0.622 bits per heavy atom. The molecule has 3 heteroatoms. The Balaban J connectivity index is 1.41. The normalized spacial score (nSPS) is 11.3. The molecular weight excluding hydrogens is 450 g/mol. The molecular formula is C34H28N3+. The Kier molecular flexibility index (Phi) is 6.10. The number of hydrogen-bond acceptors (Lipinski definition) is 0. The van der Waals surface area contributed by atoms with Gasteiger partial charge in [0.2, 0.25) is 5.52 Å². The zero-order valence-corrected chi connectivity index (χ0v) is 20.7. The zero-order valence-electron chi connectivity index (χ0n) is 20.7. The van der Waals surface area contributed by atoms with Crippen molar-refractivity contribution in [3.8, 4) is 22.5 Å². The first-order chi connectivity index (χ1) is 18.3. The van der Waals surface area contributed by atoms with Crippen LogP contribution in [0.5, 0.6) is 0 Å². The van der Waals surface area contributed by atoms with E-state index in [1.807, 2.05) is 12.1 Å². The van der Waals surface area contributed by atoms with Gasteiger partial charge >= 0.3 is 0 Å². The molecule has 0 bridgehead atoms. The molecule has 0 aliphatic carbocycles. The number of aryl methyl sites for hydroxylation is 1. The topological polar surface area (TPSA) is 35.5 Å². The maximum atomic E-state index is 3.64. The monoisotopic (exact) mass is 478 g/mol. The second kappa shape index (κ2) is 10.00. The van der Waals surface area contributed by atoms with Crippen LogP contribution in [0, 0.1) is 0 Å². The van der Waals surface area contributed by atoms with E-state index < -0.39 is 0 Å². The quantitative estimate of drug-likeness (QED) is 0.181. The van der Waals surface area contributed by atoms with Crippen LogP contribution >= 0.6 is 0 Å². The van der Waals surface area contributed by atoms with Crippen molar-refractivity contribution < 1.29 is 4.57 Å². The van der Waals surface area contributed by atoms with E-state index in [9.17, 15) is 0 Å². The van der Waals surface area contributed by atoms with Gasteiger partial charge in [0.05, 0.1) is 5.39 Å². The molecule has 0 saturated heterocycles. The number of H-pyrrole nitrogens is 2. The van der Waals surface area contributed by atoms with Gasteiger partial charge in [0.15, 0.2) is 6.20 Å². The number of allylic oxidation sites excluding steroid dienone is 2. The first kappa shape index (κ1) is 22.6. The zero-order chi connectivity index (χ0) is 25.0. The van der Waals surface area contributed by atoms with E-state index in [-0.39, 0.29) is 0 Å². The van der Waals surface area contributed by atoms with Crippen LogP contribution in [0.4, 0.5) is 0 Å². The van der Waals surface area contributed by atoms with E-state index >= 15 is 0 Å². The highest BCUT2D eigenvalue weighted by Gasteiger charge is 2.12. The fourth-order valence-corrected chi connectivity index (χ4v) is 4.78. The molecule has 37 heavy (non-hydrogen) atoms. The third kappa shape index (κ3) is 4.67. The second-order valence-corrected chi connectivity index (χ2v) is 9.14. The largest absolute Gasteiger partial charge is 0.354 e.